The number of ketones is 1. The fraction of sp³-hybridized carbons (Fsp3) is 0.412. The number of Topliss-reactive ketones (excluding diaryl/α,β-unsaturated/α-hetero) is 1. The molecule has 0 bridgehead atoms. The van der Waals surface area contributed by atoms with Crippen molar-refractivity contribution in [2.45, 2.75) is 131 Å². The van der Waals surface area contributed by atoms with Crippen LogP contribution < -0.4 is 24.7 Å². The van der Waals surface area contributed by atoms with Crippen molar-refractivity contribution < 1.29 is 38.1 Å². The highest BCUT2D eigenvalue weighted by atomic mass is 32.1. The summed E-state index contributed by atoms with van der Waals surface area (Å²) in [6, 6.07) is 12.2. The molecular weight excluding hydrogens is 1080 g/mol. The number of fused-ring (bicyclic) bond motifs is 4. The molecule has 83 heavy (non-hydrogen) atoms. The van der Waals surface area contributed by atoms with Gasteiger partial charge in [-0.3, -0.25) is 14.4 Å². The van der Waals surface area contributed by atoms with Crippen molar-refractivity contribution in [3.63, 3.8) is 0 Å². The molecule has 3 N–H and O–H groups in total. The number of likely N-dealkylation sites (tertiary alicyclic amines) is 1. The molecule has 1 amide bonds. The number of amides is 1. The van der Waals surface area contributed by atoms with Gasteiger partial charge in [0, 0.05) is 76.2 Å². The molecule has 6 heterocycles. The van der Waals surface area contributed by atoms with Crippen LogP contribution in [0.2, 0.25) is 0 Å². The second-order valence-electron chi connectivity index (χ2n) is 23.6. The van der Waals surface area contributed by atoms with E-state index < -0.39 is 17.5 Å². The fourth-order valence-electron chi connectivity index (χ4n) is 11.7. The molecule has 1 aliphatic carbocycles. The topological polar surface area (TPSA) is 168 Å². The summed E-state index contributed by atoms with van der Waals surface area (Å²) in [7, 11) is 3.32. The normalized spacial score (nSPS) is 19.2. The summed E-state index contributed by atoms with van der Waals surface area (Å²) in [6.07, 6.45) is 20.3. The Balaban J connectivity index is 1.07. The van der Waals surface area contributed by atoms with Crippen LogP contribution in [0.15, 0.2) is 110 Å². The molecule has 3 aromatic heterocycles. The smallest absolute Gasteiger partial charge is 0.314 e. The van der Waals surface area contributed by atoms with Gasteiger partial charge in [0.15, 0.2) is 11.5 Å². The van der Waals surface area contributed by atoms with Crippen molar-refractivity contribution in [1.29, 1.82) is 5.41 Å². The maximum absolute atomic E-state index is 15.5. The van der Waals surface area contributed by atoms with Crippen LogP contribution in [0.1, 0.15) is 151 Å². The van der Waals surface area contributed by atoms with E-state index in [9.17, 15) is 9.59 Å². The summed E-state index contributed by atoms with van der Waals surface area (Å²) in [5.74, 6) is 1.34. The van der Waals surface area contributed by atoms with Crippen molar-refractivity contribution in [3.05, 3.63) is 143 Å². The average Bonchev–Trinajstić information content (AvgIpc) is 2.52. The summed E-state index contributed by atoms with van der Waals surface area (Å²) in [5.41, 5.74) is 21.6. The molecule has 15 heteroatoms. The SMILES string of the molecule is COc1cc2c(cc1C=C(C)C)C(C)=C(C(=C=CCC=Cc1ccsc1)C(=O)/C1=C/CC(C/C(C)=C/c3cc4c(cc3OC)OCc3c(C(=O)N5CCCC(N)CC5)nn(-c5ccsc5)c3-4)CC(CC(C=N)C(=O)OC(C)(C)C)CC1)CO2. The van der Waals surface area contributed by atoms with Gasteiger partial charge in [-0.1, -0.05) is 41.5 Å². The van der Waals surface area contributed by atoms with Crippen LogP contribution in [-0.2, 0) is 20.9 Å². The van der Waals surface area contributed by atoms with Crippen molar-refractivity contribution in [2.75, 3.05) is 33.9 Å². The number of aromatic nitrogens is 2. The number of nitrogens with zero attached hydrogens (tertiary/aromatic N) is 3. The molecule has 0 spiro atoms. The molecule has 1 saturated heterocycles. The maximum atomic E-state index is 15.5. The standard InChI is InChI=1S/C68H79N5O8S2/c1-42(2)28-49-33-55-44(4)57(38-79-61(55)35-59(49)77-8)54(16-12-10-11-14-45-22-26-82-40-45)65(74)48-19-17-46(31-47(18-20-48)32-51(37-69)67(76)81-68(5,6)7)29-43(3)30-50-34-56-62(36-60(50)78-9)80-39-58-63(66(75)72-24-13-15-52(70)21-25-72)71-73(64(56)58)53-23-27-83-41-53/h11-12,14,19,22-23,26-28,30,33-37,40-41,46-47,51-52,69H,10,13,15,17-18,20-21,24-25,29,31-32,38-39,70H2,1-9H3/b14-11?,43-30+,48-19+,69-37?. The van der Waals surface area contributed by atoms with Gasteiger partial charge in [-0.15, -0.1) is 5.73 Å². The number of methoxy groups -OCH3 is 2. The third kappa shape index (κ3) is 14.6. The molecule has 4 atom stereocenters. The molecule has 5 aromatic rings. The van der Waals surface area contributed by atoms with Crippen LogP contribution >= 0.6 is 22.7 Å². The molecule has 9 rings (SSSR count). The lowest BCUT2D eigenvalue weighted by atomic mass is 9.77. The monoisotopic (exact) mass is 1160 g/mol. The molecule has 436 valence electrons. The van der Waals surface area contributed by atoms with Crippen LogP contribution in [0.5, 0.6) is 23.0 Å². The Morgan fingerprint density at radius 3 is 2.34 bits per heavy atom. The number of benzene rings is 2. The lowest BCUT2D eigenvalue weighted by Gasteiger charge is -2.29. The zero-order valence-corrected chi connectivity index (χ0v) is 51.2. The highest BCUT2D eigenvalue weighted by molar-refractivity contribution is 7.08. The van der Waals surface area contributed by atoms with E-state index in [1.165, 1.54) is 6.21 Å². The third-order valence-electron chi connectivity index (χ3n) is 15.8. The molecule has 4 aliphatic rings. The Kier molecular flexibility index (Phi) is 19.6. The average molecular weight is 1160 g/mol. The first kappa shape index (κ1) is 60.3. The number of hydrogen-bond donors (Lipinski definition) is 2. The lowest BCUT2D eigenvalue weighted by Crippen LogP contribution is -2.34. The summed E-state index contributed by atoms with van der Waals surface area (Å²) < 4.78 is 32.6. The Labute approximate surface area is 497 Å². The lowest BCUT2D eigenvalue weighted by molar-refractivity contribution is -0.157. The van der Waals surface area contributed by atoms with Crippen molar-refractivity contribution in [2.24, 2.45) is 23.5 Å². The van der Waals surface area contributed by atoms with E-state index in [0.717, 1.165) is 92.7 Å². The van der Waals surface area contributed by atoms with Crippen molar-refractivity contribution in [1.82, 2.24) is 14.7 Å². The zero-order chi connectivity index (χ0) is 59.0. The van der Waals surface area contributed by atoms with Gasteiger partial charge in [-0.05, 0) is 188 Å². The highest BCUT2D eigenvalue weighted by Gasteiger charge is 2.35. The van der Waals surface area contributed by atoms with Gasteiger partial charge in [0.1, 0.15) is 41.8 Å². The molecule has 0 saturated carbocycles. The van der Waals surface area contributed by atoms with Crippen molar-refractivity contribution >= 4 is 70.3 Å². The quantitative estimate of drug-likeness (QED) is 0.0373. The van der Waals surface area contributed by atoms with Gasteiger partial charge in [0.2, 0.25) is 0 Å². The first-order valence-electron chi connectivity index (χ1n) is 28.9. The summed E-state index contributed by atoms with van der Waals surface area (Å²) >= 11 is 3.21. The summed E-state index contributed by atoms with van der Waals surface area (Å²) in [5, 5.41) is 21.7. The van der Waals surface area contributed by atoms with Gasteiger partial charge < -0.3 is 39.7 Å². The van der Waals surface area contributed by atoms with Gasteiger partial charge in [-0.25, -0.2) is 4.68 Å². The van der Waals surface area contributed by atoms with E-state index in [1.807, 2.05) is 79.2 Å². The van der Waals surface area contributed by atoms with Gasteiger partial charge in [0.25, 0.3) is 5.91 Å². The molecule has 1 fully saturated rings. The molecule has 13 nitrogen and oxygen atoms in total. The number of carbonyl (C=O) groups excluding carboxylic acids is 3. The number of ether oxygens (including phenoxy) is 5. The minimum absolute atomic E-state index is 0.0165. The second kappa shape index (κ2) is 27.0. The maximum Gasteiger partial charge on any atom is 0.314 e. The molecule has 2 aromatic carbocycles. The summed E-state index contributed by atoms with van der Waals surface area (Å²) in [4.78, 5) is 45.5. The molecule has 4 unspecified atom stereocenters. The number of nitrogens with one attached hydrogen (secondary N) is 1. The van der Waals surface area contributed by atoms with Gasteiger partial charge >= 0.3 is 5.97 Å². The Hall–Kier alpha value is -7.29. The predicted octanol–water partition coefficient (Wildman–Crippen LogP) is 15.1. The van der Waals surface area contributed by atoms with E-state index in [-0.39, 0.29) is 42.8 Å². The first-order valence-corrected chi connectivity index (χ1v) is 30.8. The van der Waals surface area contributed by atoms with E-state index >= 15 is 4.79 Å². The Bertz CT molecular complexity index is 3450. The van der Waals surface area contributed by atoms with Crippen LogP contribution in [0, 0.1) is 23.2 Å². The number of rotatable bonds is 18. The van der Waals surface area contributed by atoms with Gasteiger partial charge in [0.05, 0.1) is 37.1 Å². The van der Waals surface area contributed by atoms with E-state index in [1.54, 1.807) is 36.9 Å². The minimum atomic E-state index is -0.741. The third-order valence-corrected chi connectivity index (χ3v) is 17.2. The van der Waals surface area contributed by atoms with E-state index in [4.69, 9.17) is 39.9 Å². The predicted molar refractivity (Wildman–Crippen MR) is 335 cm³/mol. The number of carbonyl (C=O) groups is 3. The van der Waals surface area contributed by atoms with Crippen LogP contribution in [0.3, 0.4) is 0 Å². The largest absolute Gasteiger partial charge is 0.496 e. The Morgan fingerprint density at radius 1 is 0.916 bits per heavy atom. The van der Waals surface area contributed by atoms with Crippen LogP contribution in [-0.4, -0.2) is 84.1 Å². The number of allylic oxidation sites excluding steroid dienone is 6. The number of esters is 1. The molecule has 3 aliphatic heterocycles. The van der Waals surface area contributed by atoms with Crippen molar-refractivity contribution in [3.8, 4) is 39.9 Å². The van der Waals surface area contributed by atoms with Crippen LogP contribution in [0.4, 0.5) is 0 Å². The van der Waals surface area contributed by atoms with Gasteiger partial charge in [-0.2, -0.15) is 27.8 Å². The highest BCUT2D eigenvalue weighted by Crippen LogP contribution is 2.46. The van der Waals surface area contributed by atoms with Crippen LogP contribution in [0.25, 0.3) is 40.7 Å². The molecular formula is C68H79N5O8S2. The van der Waals surface area contributed by atoms with E-state index in [2.05, 4.69) is 78.9 Å². The molecule has 0 radical (unpaired) electrons. The zero-order valence-electron chi connectivity index (χ0n) is 49.5. The Morgan fingerprint density at radius 2 is 1.64 bits per heavy atom. The number of hydrogen-bond acceptors (Lipinski definition) is 13. The number of thiophene rings is 2. The second-order valence-corrected chi connectivity index (χ2v) is 25.2. The summed E-state index contributed by atoms with van der Waals surface area (Å²) in [6.45, 7) is 15.4. The fourth-order valence-corrected chi connectivity index (χ4v) is 13.0. The first-order chi connectivity index (χ1) is 39.9. The van der Waals surface area contributed by atoms with E-state index in [0.29, 0.717) is 91.5 Å². The number of nitrogens with two attached hydrogens (primary N) is 1. The minimum Gasteiger partial charge on any atom is -0.496 e.